The van der Waals surface area contributed by atoms with Gasteiger partial charge >= 0.3 is 0 Å². The summed E-state index contributed by atoms with van der Waals surface area (Å²) in [6, 6.07) is 4.63. The van der Waals surface area contributed by atoms with E-state index in [1.54, 1.807) is 0 Å². The molecule has 106 valence electrons. The Hall–Kier alpha value is -1.13. The molecule has 0 saturated carbocycles. The Kier molecular flexibility index (Phi) is 4.22. The number of nitrogens with zero attached hydrogens (tertiary/aromatic N) is 2. The van der Waals surface area contributed by atoms with Crippen LogP contribution in [0.5, 0.6) is 0 Å². The SMILES string of the molecule is CNC1CCCCc2cn(Cc3ccc(Br)cn3)cc21. The Bertz CT molecular complexity index is 574. The van der Waals surface area contributed by atoms with Crippen molar-refractivity contribution in [3.8, 4) is 0 Å². The van der Waals surface area contributed by atoms with Crippen LogP contribution >= 0.6 is 15.9 Å². The van der Waals surface area contributed by atoms with Gasteiger partial charge in [0.1, 0.15) is 0 Å². The van der Waals surface area contributed by atoms with Gasteiger partial charge in [0.25, 0.3) is 0 Å². The van der Waals surface area contributed by atoms with Crippen LogP contribution in [0.25, 0.3) is 0 Å². The Morgan fingerprint density at radius 1 is 1.35 bits per heavy atom. The van der Waals surface area contributed by atoms with Crippen molar-refractivity contribution in [3.05, 3.63) is 52.0 Å². The van der Waals surface area contributed by atoms with Gasteiger partial charge in [-0.1, -0.05) is 6.42 Å². The smallest absolute Gasteiger partial charge is 0.0642 e. The van der Waals surface area contributed by atoms with Crippen LogP contribution in [-0.4, -0.2) is 16.6 Å². The third-order valence-corrected chi connectivity index (χ3v) is 4.51. The monoisotopic (exact) mass is 333 g/mol. The second-order valence-electron chi connectivity index (χ2n) is 5.47. The summed E-state index contributed by atoms with van der Waals surface area (Å²) in [6.45, 7) is 0.844. The van der Waals surface area contributed by atoms with Gasteiger partial charge in [-0.05, 0) is 65.5 Å². The summed E-state index contributed by atoms with van der Waals surface area (Å²) in [5.41, 5.74) is 4.07. The van der Waals surface area contributed by atoms with Crippen molar-refractivity contribution in [3.63, 3.8) is 0 Å². The molecule has 2 heterocycles. The first-order valence-electron chi connectivity index (χ1n) is 7.22. The van der Waals surface area contributed by atoms with Crippen LogP contribution < -0.4 is 5.32 Å². The highest BCUT2D eigenvalue weighted by molar-refractivity contribution is 9.10. The molecule has 0 aliphatic heterocycles. The molecule has 2 aromatic heterocycles. The molecule has 20 heavy (non-hydrogen) atoms. The fourth-order valence-electron chi connectivity index (χ4n) is 2.99. The molecule has 3 nitrogen and oxygen atoms in total. The molecular weight excluding hydrogens is 314 g/mol. The van der Waals surface area contributed by atoms with Crippen molar-refractivity contribution in [1.29, 1.82) is 0 Å². The molecule has 1 atom stereocenters. The Balaban J connectivity index is 1.83. The van der Waals surface area contributed by atoms with Gasteiger partial charge in [-0.15, -0.1) is 0 Å². The number of fused-ring (bicyclic) bond motifs is 1. The van der Waals surface area contributed by atoms with E-state index in [4.69, 9.17) is 0 Å². The standard InChI is InChI=1S/C16H20BrN3/c1-18-16-5-3-2-4-12-9-20(11-15(12)16)10-14-7-6-13(17)8-19-14/h6-9,11,16,18H,2-5,10H2,1H3. The van der Waals surface area contributed by atoms with E-state index in [1.807, 2.05) is 12.3 Å². The third-order valence-electron chi connectivity index (χ3n) is 4.04. The van der Waals surface area contributed by atoms with Crippen molar-refractivity contribution in [2.75, 3.05) is 7.05 Å². The highest BCUT2D eigenvalue weighted by Crippen LogP contribution is 2.29. The van der Waals surface area contributed by atoms with E-state index < -0.39 is 0 Å². The average molecular weight is 334 g/mol. The maximum Gasteiger partial charge on any atom is 0.0642 e. The Morgan fingerprint density at radius 3 is 3.00 bits per heavy atom. The maximum absolute atomic E-state index is 4.45. The third kappa shape index (κ3) is 2.96. The molecule has 4 heteroatoms. The number of halogens is 1. The molecule has 1 aliphatic rings. The van der Waals surface area contributed by atoms with Gasteiger partial charge in [0.05, 0.1) is 12.2 Å². The zero-order chi connectivity index (χ0) is 13.9. The van der Waals surface area contributed by atoms with E-state index in [1.165, 1.54) is 36.8 Å². The maximum atomic E-state index is 4.45. The van der Waals surface area contributed by atoms with Crippen LogP contribution in [0.4, 0.5) is 0 Å². The van der Waals surface area contributed by atoms with Gasteiger partial charge in [0.15, 0.2) is 0 Å². The highest BCUT2D eigenvalue weighted by Gasteiger charge is 2.19. The van der Waals surface area contributed by atoms with E-state index in [9.17, 15) is 0 Å². The lowest BCUT2D eigenvalue weighted by atomic mass is 10.1. The minimum Gasteiger partial charge on any atom is -0.348 e. The molecule has 0 amide bonds. The van der Waals surface area contributed by atoms with Crippen LogP contribution in [0.2, 0.25) is 0 Å². The molecule has 0 aromatic carbocycles. The summed E-state index contributed by atoms with van der Waals surface area (Å²) in [4.78, 5) is 4.45. The fourth-order valence-corrected chi connectivity index (χ4v) is 3.23. The van der Waals surface area contributed by atoms with Gasteiger partial charge in [0.2, 0.25) is 0 Å². The molecule has 0 spiro atoms. The summed E-state index contributed by atoms with van der Waals surface area (Å²) in [7, 11) is 2.06. The summed E-state index contributed by atoms with van der Waals surface area (Å²) < 4.78 is 3.30. The lowest BCUT2D eigenvalue weighted by Crippen LogP contribution is -2.15. The molecule has 0 saturated heterocycles. The predicted octanol–water partition coefficient (Wildman–Crippen LogP) is 3.68. The zero-order valence-electron chi connectivity index (χ0n) is 11.8. The van der Waals surface area contributed by atoms with Gasteiger partial charge < -0.3 is 9.88 Å². The normalized spacial score (nSPS) is 18.6. The van der Waals surface area contributed by atoms with Gasteiger partial charge in [0, 0.05) is 29.1 Å². The van der Waals surface area contributed by atoms with Crippen LogP contribution in [0.15, 0.2) is 35.2 Å². The molecule has 1 unspecified atom stereocenters. The van der Waals surface area contributed by atoms with E-state index in [0.29, 0.717) is 6.04 Å². The first-order valence-corrected chi connectivity index (χ1v) is 8.02. The first-order chi connectivity index (χ1) is 9.76. The van der Waals surface area contributed by atoms with Crippen molar-refractivity contribution in [1.82, 2.24) is 14.9 Å². The number of hydrogen-bond acceptors (Lipinski definition) is 2. The quantitative estimate of drug-likeness (QED) is 0.868. The first kappa shape index (κ1) is 13.8. The number of pyridine rings is 1. The number of aromatic nitrogens is 2. The summed E-state index contributed by atoms with van der Waals surface area (Å²) in [5, 5.41) is 3.45. The van der Waals surface area contributed by atoms with Crippen molar-refractivity contribution < 1.29 is 0 Å². The molecular formula is C16H20BrN3. The predicted molar refractivity (Wildman–Crippen MR) is 84.8 cm³/mol. The van der Waals surface area contributed by atoms with E-state index in [-0.39, 0.29) is 0 Å². The van der Waals surface area contributed by atoms with Crippen molar-refractivity contribution in [2.24, 2.45) is 0 Å². The second kappa shape index (κ2) is 6.10. The largest absolute Gasteiger partial charge is 0.348 e. The zero-order valence-corrected chi connectivity index (χ0v) is 13.4. The highest BCUT2D eigenvalue weighted by atomic mass is 79.9. The molecule has 3 rings (SSSR count). The van der Waals surface area contributed by atoms with Crippen molar-refractivity contribution in [2.45, 2.75) is 38.3 Å². The number of hydrogen-bond donors (Lipinski definition) is 1. The van der Waals surface area contributed by atoms with E-state index in [2.05, 4.69) is 56.3 Å². The van der Waals surface area contributed by atoms with Crippen LogP contribution in [0.1, 0.15) is 42.1 Å². The Morgan fingerprint density at radius 2 is 2.25 bits per heavy atom. The minimum atomic E-state index is 0.506. The molecule has 0 fully saturated rings. The molecule has 2 aromatic rings. The molecule has 1 N–H and O–H groups in total. The second-order valence-corrected chi connectivity index (χ2v) is 6.38. The van der Waals surface area contributed by atoms with Crippen LogP contribution in [-0.2, 0) is 13.0 Å². The lowest BCUT2D eigenvalue weighted by Gasteiger charge is -2.13. The van der Waals surface area contributed by atoms with Crippen LogP contribution in [0.3, 0.4) is 0 Å². The van der Waals surface area contributed by atoms with Gasteiger partial charge in [-0.25, -0.2) is 0 Å². The minimum absolute atomic E-state index is 0.506. The molecule has 0 bridgehead atoms. The fraction of sp³-hybridized carbons (Fsp3) is 0.438. The Labute approximate surface area is 128 Å². The molecule has 1 aliphatic carbocycles. The summed E-state index contributed by atoms with van der Waals surface area (Å²) in [5.74, 6) is 0. The summed E-state index contributed by atoms with van der Waals surface area (Å²) >= 11 is 3.43. The molecule has 0 radical (unpaired) electrons. The lowest BCUT2D eigenvalue weighted by molar-refractivity contribution is 0.531. The number of nitrogens with one attached hydrogen (secondary N) is 1. The topological polar surface area (TPSA) is 29.9 Å². The summed E-state index contributed by atoms with van der Waals surface area (Å²) in [6.07, 6.45) is 11.5. The van der Waals surface area contributed by atoms with Crippen molar-refractivity contribution >= 4 is 15.9 Å². The van der Waals surface area contributed by atoms with Gasteiger partial charge in [-0.2, -0.15) is 0 Å². The number of rotatable bonds is 3. The van der Waals surface area contributed by atoms with E-state index in [0.717, 1.165) is 16.7 Å². The van der Waals surface area contributed by atoms with Gasteiger partial charge in [-0.3, -0.25) is 4.98 Å². The van der Waals surface area contributed by atoms with E-state index >= 15 is 0 Å². The van der Waals surface area contributed by atoms with Crippen LogP contribution in [0, 0.1) is 0 Å². The number of aryl methyl sites for hydroxylation is 1. The average Bonchev–Trinajstić information content (AvgIpc) is 2.75.